The monoisotopic (exact) mass is 307 g/mol. The maximum atomic E-state index is 11.7. The smallest absolute Gasteiger partial charge is 0.326 e. The van der Waals surface area contributed by atoms with E-state index < -0.39 is 17.9 Å². The molecule has 0 spiro atoms. The first-order chi connectivity index (χ1) is 10.4. The number of amides is 1. The van der Waals surface area contributed by atoms with Crippen LogP contribution in [0.15, 0.2) is 30.3 Å². The summed E-state index contributed by atoms with van der Waals surface area (Å²) in [6, 6.07) is 6.18. The van der Waals surface area contributed by atoms with E-state index in [1.807, 2.05) is 0 Å². The van der Waals surface area contributed by atoms with Crippen LogP contribution >= 0.6 is 0 Å². The molecular formula is C16H21NO5. The predicted octanol–water partition coefficient (Wildman–Crippen LogP) is 1.91. The number of carbonyl (C=O) groups excluding carboxylic acids is 1. The quantitative estimate of drug-likeness (QED) is 0.566. The highest BCUT2D eigenvalue weighted by Crippen LogP contribution is 2.13. The summed E-state index contributed by atoms with van der Waals surface area (Å²) in [6.07, 6.45) is 2.91. The molecule has 0 saturated heterocycles. The standard InChI is InChI=1S/C16H21NO5/c1-11(2)15(16(19)20)17-14(18)9-6-12-4-7-13(8-5-12)22-10-21-3/h4-9,11,15H,10H2,1-3H3,(H,17,18)(H,19,20)/b9-6+. The lowest BCUT2D eigenvalue weighted by Crippen LogP contribution is -2.43. The maximum absolute atomic E-state index is 11.7. The van der Waals surface area contributed by atoms with Crippen LogP contribution in [0, 0.1) is 5.92 Å². The van der Waals surface area contributed by atoms with Crippen molar-refractivity contribution < 1.29 is 24.2 Å². The fourth-order valence-electron chi connectivity index (χ4n) is 1.69. The summed E-state index contributed by atoms with van der Waals surface area (Å²) in [7, 11) is 1.54. The van der Waals surface area contributed by atoms with E-state index in [0.29, 0.717) is 5.75 Å². The number of nitrogens with one attached hydrogen (secondary N) is 1. The Morgan fingerprint density at radius 1 is 1.27 bits per heavy atom. The van der Waals surface area contributed by atoms with Crippen molar-refractivity contribution in [3.8, 4) is 5.75 Å². The number of carbonyl (C=O) groups is 2. The third-order valence-corrected chi connectivity index (χ3v) is 2.88. The van der Waals surface area contributed by atoms with Crippen molar-refractivity contribution in [3.63, 3.8) is 0 Å². The highest BCUT2D eigenvalue weighted by molar-refractivity contribution is 5.94. The molecule has 1 aromatic carbocycles. The van der Waals surface area contributed by atoms with E-state index in [2.05, 4.69) is 5.32 Å². The molecule has 1 atom stereocenters. The van der Waals surface area contributed by atoms with Crippen LogP contribution in [0.5, 0.6) is 5.75 Å². The Balaban J connectivity index is 2.59. The first-order valence-corrected chi connectivity index (χ1v) is 6.87. The molecule has 0 aliphatic heterocycles. The number of aliphatic carboxylic acids is 1. The molecule has 0 saturated carbocycles. The molecule has 0 radical (unpaired) electrons. The molecule has 1 aromatic rings. The van der Waals surface area contributed by atoms with Crippen LogP contribution in [0.25, 0.3) is 6.08 Å². The minimum Gasteiger partial charge on any atom is -0.480 e. The van der Waals surface area contributed by atoms with Crippen molar-refractivity contribution in [1.29, 1.82) is 0 Å². The molecule has 120 valence electrons. The molecule has 1 rings (SSSR count). The van der Waals surface area contributed by atoms with Gasteiger partial charge in [0.1, 0.15) is 11.8 Å². The van der Waals surface area contributed by atoms with Gasteiger partial charge in [0.2, 0.25) is 5.91 Å². The van der Waals surface area contributed by atoms with Gasteiger partial charge in [0.05, 0.1) is 0 Å². The fourth-order valence-corrected chi connectivity index (χ4v) is 1.69. The van der Waals surface area contributed by atoms with E-state index in [1.165, 1.54) is 13.2 Å². The van der Waals surface area contributed by atoms with Gasteiger partial charge in [-0.3, -0.25) is 4.79 Å². The summed E-state index contributed by atoms with van der Waals surface area (Å²) < 4.78 is 10.0. The van der Waals surface area contributed by atoms with Crippen molar-refractivity contribution in [2.24, 2.45) is 5.92 Å². The molecule has 1 amide bonds. The number of rotatable bonds is 8. The van der Waals surface area contributed by atoms with Crippen LogP contribution in [0.4, 0.5) is 0 Å². The van der Waals surface area contributed by atoms with Gasteiger partial charge in [0, 0.05) is 13.2 Å². The normalized spacial score (nSPS) is 12.4. The highest BCUT2D eigenvalue weighted by atomic mass is 16.7. The lowest BCUT2D eigenvalue weighted by Gasteiger charge is -2.16. The van der Waals surface area contributed by atoms with Gasteiger partial charge in [-0.15, -0.1) is 0 Å². The van der Waals surface area contributed by atoms with Crippen molar-refractivity contribution in [2.75, 3.05) is 13.9 Å². The number of ether oxygens (including phenoxy) is 2. The van der Waals surface area contributed by atoms with Gasteiger partial charge in [0.25, 0.3) is 0 Å². The molecule has 2 N–H and O–H groups in total. The first-order valence-electron chi connectivity index (χ1n) is 6.87. The summed E-state index contributed by atoms with van der Waals surface area (Å²) in [5.41, 5.74) is 0.802. The molecule has 6 heteroatoms. The third-order valence-electron chi connectivity index (χ3n) is 2.88. The summed E-state index contributed by atoms with van der Waals surface area (Å²) in [6.45, 7) is 3.65. The van der Waals surface area contributed by atoms with Gasteiger partial charge in [-0.1, -0.05) is 26.0 Å². The summed E-state index contributed by atoms with van der Waals surface area (Å²) in [5.74, 6) is -1.02. The van der Waals surface area contributed by atoms with Crippen molar-refractivity contribution in [3.05, 3.63) is 35.9 Å². The number of methoxy groups -OCH3 is 1. The number of hydrogen-bond acceptors (Lipinski definition) is 4. The fraction of sp³-hybridized carbons (Fsp3) is 0.375. The van der Waals surface area contributed by atoms with E-state index in [1.54, 1.807) is 44.2 Å². The van der Waals surface area contributed by atoms with Crippen molar-refractivity contribution in [1.82, 2.24) is 5.32 Å². The predicted molar refractivity (Wildman–Crippen MR) is 82.4 cm³/mol. The van der Waals surface area contributed by atoms with Gasteiger partial charge in [-0.2, -0.15) is 0 Å². The Labute approximate surface area is 129 Å². The summed E-state index contributed by atoms with van der Waals surface area (Å²) >= 11 is 0. The summed E-state index contributed by atoms with van der Waals surface area (Å²) in [5, 5.41) is 11.5. The maximum Gasteiger partial charge on any atom is 0.326 e. The van der Waals surface area contributed by atoms with Gasteiger partial charge in [-0.25, -0.2) is 4.79 Å². The first kappa shape index (κ1) is 17.7. The second kappa shape index (κ2) is 8.84. The summed E-state index contributed by atoms with van der Waals surface area (Å²) in [4.78, 5) is 22.8. The SMILES string of the molecule is COCOc1ccc(/C=C/C(=O)NC(C(=O)O)C(C)C)cc1. The zero-order valence-corrected chi connectivity index (χ0v) is 12.9. The number of carboxylic acid groups (broad SMARTS) is 1. The largest absolute Gasteiger partial charge is 0.480 e. The Morgan fingerprint density at radius 2 is 1.91 bits per heavy atom. The van der Waals surface area contributed by atoms with Crippen LogP contribution in [0.3, 0.4) is 0 Å². The molecule has 22 heavy (non-hydrogen) atoms. The van der Waals surface area contributed by atoms with Gasteiger partial charge >= 0.3 is 5.97 Å². The van der Waals surface area contributed by atoms with Crippen molar-refractivity contribution >= 4 is 18.0 Å². The Kier molecular flexibility index (Phi) is 7.12. The number of carboxylic acids is 1. The topological polar surface area (TPSA) is 84.9 Å². The molecular weight excluding hydrogens is 286 g/mol. The van der Waals surface area contributed by atoms with E-state index in [-0.39, 0.29) is 12.7 Å². The zero-order chi connectivity index (χ0) is 16.5. The molecule has 0 aliphatic carbocycles. The third kappa shape index (κ3) is 5.97. The van der Waals surface area contributed by atoms with Gasteiger partial charge < -0.3 is 19.9 Å². The van der Waals surface area contributed by atoms with Crippen LogP contribution < -0.4 is 10.1 Å². The minimum atomic E-state index is -1.05. The molecule has 0 heterocycles. The Bertz CT molecular complexity index is 522. The molecule has 0 aromatic heterocycles. The van der Waals surface area contributed by atoms with E-state index in [4.69, 9.17) is 14.6 Å². The lowest BCUT2D eigenvalue weighted by molar-refractivity contribution is -0.142. The minimum absolute atomic E-state index is 0.170. The number of benzene rings is 1. The van der Waals surface area contributed by atoms with Crippen LogP contribution in [0.1, 0.15) is 19.4 Å². The molecule has 6 nitrogen and oxygen atoms in total. The zero-order valence-electron chi connectivity index (χ0n) is 12.9. The second-order valence-corrected chi connectivity index (χ2v) is 5.02. The van der Waals surface area contributed by atoms with E-state index in [9.17, 15) is 9.59 Å². The average molecular weight is 307 g/mol. The average Bonchev–Trinajstić information content (AvgIpc) is 2.49. The lowest BCUT2D eigenvalue weighted by atomic mass is 10.0. The van der Waals surface area contributed by atoms with Crippen LogP contribution in [-0.2, 0) is 14.3 Å². The van der Waals surface area contributed by atoms with Crippen LogP contribution in [-0.4, -0.2) is 36.9 Å². The Morgan fingerprint density at radius 3 is 2.41 bits per heavy atom. The van der Waals surface area contributed by atoms with Crippen LogP contribution in [0.2, 0.25) is 0 Å². The van der Waals surface area contributed by atoms with Gasteiger partial charge in [0.15, 0.2) is 6.79 Å². The van der Waals surface area contributed by atoms with Gasteiger partial charge in [-0.05, 0) is 29.7 Å². The second-order valence-electron chi connectivity index (χ2n) is 5.02. The molecule has 0 bridgehead atoms. The van der Waals surface area contributed by atoms with Crippen molar-refractivity contribution in [2.45, 2.75) is 19.9 Å². The number of hydrogen-bond donors (Lipinski definition) is 2. The molecule has 1 unspecified atom stereocenters. The van der Waals surface area contributed by atoms with E-state index in [0.717, 1.165) is 5.56 Å². The van der Waals surface area contributed by atoms with E-state index >= 15 is 0 Å². The molecule has 0 aliphatic rings. The highest BCUT2D eigenvalue weighted by Gasteiger charge is 2.22. The molecule has 0 fully saturated rings. The Hall–Kier alpha value is -2.34.